The molecule has 39 heavy (non-hydrogen) atoms. The third-order valence-corrected chi connectivity index (χ3v) is 10.4. The van der Waals surface area contributed by atoms with Crippen LogP contribution in [0.4, 0.5) is 4.39 Å². The van der Waals surface area contributed by atoms with Gasteiger partial charge in [0, 0.05) is 44.3 Å². The summed E-state index contributed by atoms with van der Waals surface area (Å²) in [6.07, 6.45) is 10.6. The Labute approximate surface area is 232 Å². The molecule has 1 aromatic carbocycles. The second-order valence-electron chi connectivity index (χ2n) is 12.8. The number of hydrogen-bond donors (Lipinski definition) is 1. The van der Waals surface area contributed by atoms with Crippen molar-refractivity contribution >= 4 is 5.97 Å². The smallest absolute Gasteiger partial charge is 0.310 e. The molecule has 1 saturated carbocycles. The number of nitrogens with zero attached hydrogens (tertiary/aromatic N) is 4. The first-order chi connectivity index (χ1) is 19.0. The lowest BCUT2D eigenvalue weighted by Gasteiger charge is -2.35. The van der Waals surface area contributed by atoms with Gasteiger partial charge in [-0.05, 0) is 99.6 Å². The van der Waals surface area contributed by atoms with Crippen molar-refractivity contribution in [3.05, 3.63) is 52.6 Å². The highest BCUT2D eigenvalue weighted by molar-refractivity contribution is 5.75. The first kappa shape index (κ1) is 26.9. The second-order valence-corrected chi connectivity index (χ2v) is 12.8. The van der Waals surface area contributed by atoms with Gasteiger partial charge < -0.3 is 14.9 Å². The molecule has 0 bridgehead atoms. The van der Waals surface area contributed by atoms with Gasteiger partial charge in [-0.15, -0.1) is 0 Å². The fourth-order valence-electron chi connectivity index (χ4n) is 8.35. The third kappa shape index (κ3) is 5.41. The van der Waals surface area contributed by atoms with Gasteiger partial charge in [-0.3, -0.25) is 9.48 Å². The molecule has 0 radical (unpaired) electrons. The SMILES string of the molecule is CCc1nn2c(c1C1CCN(C[C@@H]3CN(CC4(C(=O)O)CCCC4)C[C@@H]3c3cccc(F)c3)CC1)CCCC2. The van der Waals surface area contributed by atoms with Crippen LogP contribution in [0.25, 0.3) is 0 Å². The van der Waals surface area contributed by atoms with E-state index in [1.54, 1.807) is 11.6 Å². The Kier molecular flexibility index (Phi) is 7.82. The average Bonchev–Trinajstić information content (AvgIpc) is 3.67. The minimum atomic E-state index is -0.637. The molecule has 3 fully saturated rings. The molecule has 7 heteroatoms. The van der Waals surface area contributed by atoms with E-state index >= 15 is 0 Å². The maximum absolute atomic E-state index is 14.2. The zero-order chi connectivity index (χ0) is 27.0. The minimum Gasteiger partial charge on any atom is -0.481 e. The van der Waals surface area contributed by atoms with Crippen LogP contribution in [0.3, 0.4) is 0 Å². The van der Waals surface area contributed by atoms with Crippen molar-refractivity contribution in [3.63, 3.8) is 0 Å². The molecule has 4 heterocycles. The first-order valence-corrected chi connectivity index (χ1v) is 15.5. The largest absolute Gasteiger partial charge is 0.481 e. The average molecular weight is 537 g/mol. The lowest BCUT2D eigenvalue weighted by molar-refractivity contribution is -0.149. The number of aromatic nitrogens is 2. The quantitative estimate of drug-likeness (QED) is 0.485. The molecule has 0 spiro atoms. The van der Waals surface area contributed by atoms with Gasteiger partial charge in [0.2, 0.25) is 0 Å². The van der Waals surface area contributed by atoms with Crippen molar-refractivity contribution in [2.75, 3.05) is 39.3 Å². The Bertz CT molecular complexity index is 1160. The van der Waals surface area contributed by atoms with Crippen LogP contribution in [0, 0.1) is 17.2 Å². The summed E-state index contributed by atoms with van der Waals surface area (Å²) in [4.78, 5) is 17.3. The van der Waals surface area contributed by atoms with Crippen molar-refractivity contribution in [2.24, 2.45) is 11.3 Å². The summed E-state index contributed by atoms with van der Waals surface area (Å²) in [5.74, 6) is 0.405. The summed E-state index contributed by atoms with van der Waals surface area (Å²) in [6, 6.07) is 7.11. The van der Waals surface area contributed by atoms with E-state index in [1.165, 1.54) is 49.6 Å². The van der Waals surface area contributed by atoms with E-state index in [0.717, 1.165) is 76.9 Å². The number of halogens is 1. The number of benzene rings is 1. The van der Waals surface area contributed by atoms with Crippen LogP contribution in [-0.4, -0.2) is 69.9 Å². The lowest BCUT2D eigenvalue weighted by atomic mass is 9.84. The highest BCUT2D eigenvalue weighted by Crippen LogP contribution is 2.43. The number of rotatable bonds is 8. The van der Waals surface area contributed by atoms with Crippen LogP contribution in [0.5, 0.6) is 0 Å². The highest BCUT2D eigenvalue weighted by atomic mass is 19.1. The molecule has 2 saturated heterocycles. The van der Waals surface area contributed by atoms with Crippen molar-refractivity contribution < 1.29 is 14.3 Å². The monoisotopic (exact) mass is 536 g/mol. The topological polar surface area (TPSA) is 61.6 Å². The molecule has 6 rings (SSSR count). The molecule has 212 valence electrons. The van der Waals surface area contributed by atoms with E-state index in [2.05, 4.69) is 27.5 Å². The van der Waals surface area contributed by atoms with E-state index in [9.17, 15) is 14.3 Å². The normalized spacial score (nSPS) is 26.2. The summed E-state index contributed by atoms with van der Waals surface area (Å²) in [5.41, 5.74) is 4.85. The van der Waals surface area contributed by atoms with Crippen molar-refractivity contribution in [1.29, 1.82) is 0 Å². The van der Waals surface area contributed by atoms with Gasteiger partial charge >= 0.3 is 5.97 Å². The minimum absolute atomic E-state index is 0.181. The fourth-order valence-corrected chi connectivity index (χ4v) is 8.35. The van der Waals surface area contributed by atoms with Gasteiger partial charge in [0.1, 0.15) is 5.82 Å². The highest BCUT2D eigenvalue weighted by Gasteiger charge is 2.45. The predicted molar refractivity (Wildman–Crippen MR) is 151 cm³/mol. The molecule has 1 aromatic heterocycles. The number of aryl methyl sites for hydroxylation is 2. The van der Waals surface area contributed by atoms with Crippen molar-refractivity contribution in [2.45, 2.75) is 89.5 Å². The Morgan fingerprint density at radius 1 is 1.08 bits per heavy atom. The molecule has 6 nitrogen and oxygen atoms in total. The number of carboxylic acid groups (broad SMARTS) is 1. The number of likely N-dealkylation sites (tertiary alicyclic amines) is 2. The Hall–Kier alpha value is -2.25. The van der Waals surface area contributed by atoms with Gasteiger partial charge in [-0.25, -0.2) is 4.39 Å². The predicted octanol–water partition coefficient (Wildman–Crippen LogP) is 5.46. The molecular formula is C32H45FN4O2. The summed E-state index contributed by atoms with van der Waals surface area (Å²) in [6.45, 7) is 8.83. The van der Waals surface area contributed by atoms with Crippen LogP contribution in [0.1, 0.15) is 92.6 Å². The standard InChI is InChI=1S/C32H45FN4O2/c1-2-28-30(29-10-3-6-15-37(29)34-28)23-11-16-35(17-12-23)19-25-20-36(22-32(31(38)39)13-4-5-14-32)21-27(25)24-8-7-9-26(33)18-24/h7-9,18,23,25,27H,2-6,10-17,19-22H2,1H3,(H,38,39)/t25-,27-/m1/s1. The summed E-state index contributed by atoms with van der Waals surface area (Å²) in [5, 5.41) is 15.1. The number of fused-ring (bicyclic) bond motifs is 1. The number of aliphatic carboxylic acids is 1. The zero-order valence-corrected chi connectivity index (χ0v) is 23.6. The molecular weight excluding hydrogens is 491 g/mol. The van der Waals surface area contributed by atoms with E-state index < -0.39 is 11.4 Å². The molecule has 0 unspecified atom stereocenters. The van der Waals surface area contributed by atoms with Gasteiger partial charge in [-0.1, -0.05) is 31.9 Å². The molecule has 4 aliphatic rings. The summed E-state index contributed by atoms with van der Waals surface area (Å²) >= 11 is 0. The summed E-state index contributed by atoms with van der Waals surface area (Å²) in [7, 11) is 0. The Balaban J connectivity index is 1.15. The van der Waals surface area contributed by atoms with Crippen LogP contribution in [0.15, 0.2) is 24.3 Å². The van der Waals surface area contributed by atoms with Crippen molar-refractivity contribution in [3.8, 4) is 0 Å². The van der Waals surface area contributed by atoms with Gasteiger partial charge in [0.25, 0.3) is 0 Å². The van der Waals surface area contributed by atoms with Crippen LogP contribution < -0.4 is 0 Å². The van der Waals surface area contributed by atoms with E-state index in [1.807, 2.05) is 6.07 Å². The zero-order valence-electron chi connectivity index (χ0n) is 23.6. The van der Waals surface area contributed by atoms with Gasteiger partial charge in [0.05, 0.1) is 11.1 Å². The molecule has 3 aliphatic heterocycles. The van der Waals surface area contributed by atoms with E-state index in [-0.39, 0.29) is 11.7 Å². The van der Waals surface area contributed by atoms with E-state index in [0.29, 0.717) is 18.4 Å². The van der Waals surface area contributed by atoms with Gasteiger partial charge in [0.15, 0.2) is 0 Å². The molecule has 1 aliphatic carbocycles. The maximum atomic E-state index is 14.2. The lowest BCUT2D eigenvalue weighted by Crippen LogP contribution is -2.41. The number of hydrogen-bond acceptors (Lipinski definition) is 4. The van der Waals surface area contributed by atoms with Crippen LogP contribution in [0.2, 0.25) is 0 Å². The van der Waals surface area contributed by atoms with E-state index in [4.69, 9.17) is 5.10 Å². The van der Waals surface area contributed by atoms with Crippen LogP contribution in [-0.2, 0) is 24.2 Å². The van der Waals surface area contributed by atoms with Gasteiger partial charge in [-0.2, -0.15) is 5.10 Å². The molecule has 2 aromatic rings. The first-order valence-electron chi connectivity index (χ1n) is 15.5. The molecule has 1 N–H and O–H groups in total. The Morgan fingerprint density at radius 2 is 1.87 bits per heavy atom. The molecule has 2 atom stereocenters. The summed E-state index contributed by atoms with van der Waals surface area (Å²) < 4.78 is 16.5. The van der Waals surface area contributed by atoms with Crippen LogP contribution >= 0.6 is 0 Å². The number of carboxylic acids is 1. The third-order valence-electron chi connectivity index (χ3n) is 10.4. The fraction of sp³-hybridized carbons (Fsp3) is 0.688. The number of carbonyl (C=O) groups is 1. The molecule has 0 amide bonds. The number of piperidine rings is 1. The van der Waals surface area contributed by atoms with Crippen molar-refractivity contribution in [1.82, 2.24) is 19.6 Å². The second kappa shape index (κ2) is 11.3. The maximum Gasteiger partial charge on any atom is 0.310 e. The Morgan fingerprint density at radius 3 is 2.59 bits per heavy atom.